The van der Waals surface area contributed by atoms with Gasteiger partial charge in [-0.05, 0) is 18.2 Å². The first-order valence-electron chi connectivity index (χ1n) is 5.55. The number of hydrogen-bond donors (Lipinski definition) is 3. The van der Waals surface area contributed by atoms with Crippen molar-refractivity contribution >= 4 is 17.3 Å². The van der Waals surface area contributed by atoms with Gasteiger partial charge in [-0.2, -0.15) is 0 Å². The SMILES string of the molecule is Nc1ccc2c(c1O)C(=O)c1cccc(O)c1C2=O. The smallest absolute Gasteiger partial charge is 0.198 e. The lowest BCUT2D eigenvalue weighted by molar-refractivity contribution is 0.0974. The summed E-state index contributed by atoms with van der Waals surface area (Å²) in [4.78, 5) is 24.6. The molecule has 2 aromatic carbocycles. The maximum Gasteiger partial charge on any atom is 0.198 e. The Bertz CT molecular complexity index is 749. The van der Waals surface area contributed by atoms with Gasteiger partial charge < -0.3 is 15.9 Å². The van der Waals surface area contributed by atoms with E-state index in [1.807, 2.05) is 0 Å². The van der Waals surface area contributed by atoms with E-state index < -0.39 is 17.3 Å². The third-order valence-corrected chi connectivity index (χ3v) is 3.19. The summed E-state index contributed by atoms with van der Waals surface area (Å²) in [6.07, 6.45) is 0. The zero-order valence-electron chi connectivity index (χ0n) is 9.68. The number of nitrogen functional groups attached to an aromatic ring is 1. The molecule has 0 saturated heterocycles. The van der Waals surface area contributed by atoms with E-state index in [2.05, 4.69) is 0 Å². The molecule has 1 aliphatic rings. The monoisotopic (exact) mass is 255 g/mol. The largest absolute Gasteiger partial charge is 0.507 e. The van der Waals surface area contributed by atoms with E-state index in [1.165, 1.54) is 30.3 Å². The summed E-state index contributed by atoms with van der Waals surface area (Å²) < 4.78 is 0. The van der Waals surface area contributed by atoms with Gasteiger partial charge in [0.2, 0.25) is 0 Å². The predicted molar refractivity (Wildman–Crippen MR) is 67.5 cm³/mol. The summed E-state index contributed by atoms with van der Waals surface area (Å²) in [6.45, 7) is 0. The summed E-state index contributed by atoms with van der Waals surface area (Å²) in [6, 6.07) is 6.96. The Balaban J connectivity index is 2.40. The zero-order chi connectivity index (χ0) is 13.7. The first kappa shape index (κ1) is 11.3. The molecule has 1 aliphatic carbocycles. The molecule has 0 radical (unpaired) electrons. The molecule has 0 unspecified atom stereocenters. The van der Waals surface area contributed by atoms with E-state index in [0.717, 1.165) is 0 Å². The maximum absolute atomic E-state index is 12.3. The molecule has 94 valence electrons. The molecule has 0 fully saturated rings. The lowest BCUT2D eigenvalue weighted by Crippen LogP contribution is -2.21. The van der Waals surface area contributed by atoms with Gasteiger partial charge in [0.1, 0.15) is 11.5 Å². The molecule has 0 bridgehead atoms. The maximum atomic E-state index is 12.3. The molecule has 0 atom stereocenters. The molecule has 0 saturated carbocycles. The molecule has 0 heterocycles. The van der Waals surface area contributed by atoms with Gasteiger partial charge in [0.15, 0.2) is 11.6 Å². The number of nitrogens with two attached hydrogens (primary N) is 1. The topological polar surface area (TPSA) is 101 Å². The molecule has 0 spiro atoms. The number of ketones is 2. The molecule has 3 rings (SSSR count). The van der Waals surface area contributed by atoms with Crippen molar-refractivity contribution in [3.63, 3.8) is 0 Å². The number of anilines is 1. The fourth-order valence-corrected chi connectivity index (χ4v) is 2.26. The molecular weight excluding hydrogens is 246 g/mol. The van der Waals surface area contributed by atoms with Gasteiger partial charge in [-0.3, -0.25) is 9.59 Å². The highest BCUT2D eigenvalue weighted by Crippen LogP contribution is 2.38. The van der Waals surface area contributed by atoms with E-state index in [1.54, 1.807) is 0 Å². The third-order valence-electron chi connectivity index (χ3n) is 3.19. The van der Waals surface area contributed by atoms with Crippen molar-refractivity contribution in [3.8, 4) is 11.5 Å². The standard InChI is InChI=1S/C14H9NO4/c15-8-5-4-7-11(14(8)19)13(18)6-2-1-3-9(16)10(6)12(7)17/h1-5,16,19H,15H2. The number of phenolic OH excluding ortho intramolecular Hbond substituents is 2. The molecule has 2 aromatic rings. The van der Waals surface area contributed by atoms with Crippen LogP contribution in [0.2, 0.25) is 0 Å². The summed E-state index contributed by atoms with van der Waals surface area (Å²) in [5.41, 5.74) is 5.54. The predicted octanol–water partition coefficient (Wildman–Crippen LogP) is 1.46. The van der Waals surface area contributed by atoms with Crippen LogP contribution in [0.5, 0.6) is 11.5 Å². The molecule has 19 heavy (non-hydrogen) atoms. The highest BCUT2D eigenvalue weighted by atomic mass is 16.3. The molecule has 0 aliphatic heterocycles. The average Bonchev–Trinajstić information content (AvgIpc) is 2.39. The van der Waals surface area contributed by atoms with Gasteiger partial charge in [0.25, 0.3) is 0 Å². The number of carbonyl (C=O) groups is 2. The van der Waals surface area contributed by atoms with Crippen LogP contribution in [0.1, 0.15) is 31.8 Å². The Morgan fingerprint density at radius 2 is 1.47 bits per heavy atom. The quantitative estimate of drug-likeness (QED) is 0.417. The van der Waals surface area contributed by atoms with Gasteiger partial charge in [0.05, 0.1) is 16.8 Å². The normalized spacial score (nSPS) is 13.1. The number of fused-ring (bicyclic) bond motifs is 2. The average molecular weight is 255 g/mol. The fourth-order valence-electron chi connectivity index (χ4n) is 2.26. The van der Waals surface area contributed by atoms with Crippen LogP contribution in [0, 0.1) is 0 Å². The lowest BCUT2D eigenvalue weighted by Gasteiger charge is -2.19. The highest BCUT2D eigenvalue weighted by Gasteiger charge is 2.34. The fraction of sp³-hybridized carbons (Fsp3) is 0. The summed E-state index contributed by atoms with van der Waals surface area (Å²) >= 11 is 0. The Labute approximate surface area is 107 Å². The number of aromatic hydroxyl groups is 2. The van der Waals surface area contributed by atoms with Crippen molar-refractivity contribution in [1.29, 1.82) is 0 Å². The highest BCUT2D eigenvalue weighted by molar-refractivity contribution is 6.30. The van der Waals surface area contributed by atoms with Crippen molar-refractivity contribution in [2.75, 3.05) is 5.73 Å². The van der Waals surface area contributed by atoms with Crippen molar-refractivity contribution in [2.45, 2.75) is 0 Å². The second-order valence-corrected chi connectivity index (χ2v) is 4.28. The van der Waals surface area contributed by atoms with Crippen LogP contribution in [0.3, 0.4) is 0 Å². The molecule has 5 nitrogen and oxygen atoms in total. The third kappa shape index (κ3) is 1.35. The minimum absolute atomic E-state index is 0.0310. The van der Waals surface area contributed by atoms with Crippen molar-refractivity contribution in [1.82, 2.24) is 0 Å². The zero-order valence-corrected chi connectivity index (χ0v) is 9.68. The van der Waals surface area contributed by atoms with Crippen LogP contribution in [-0.4, -0.2) is 21.8 Å². The van der Waals surface area contributed by atoms with Gasteiger partial charge in [0, 0.05) is 11.1 Å². The first-order valence-corrected chi connectivity index (χ1v) is 5.55. The van der Waals surface area contributed by atoms with E-state index in [0.29, 0.717) is 0 Å². The van der Waals surface area contributed by atoms with Crippen LogP contribution in [0.25, 0.3) is 0 Å². The molecule has 4 N–H and O–H groups in total. The minimum atomic E-state index is -0.523. The van der Waals surface area contributed by atoms with Crippen LogP contribution in [0.15, 0.2) is 30.3 Å². The molecular formula is C14H9NO4. The number of rotatable bonds is 0. The second kappa shape index (κ2) is 3.58. The molecule has 0 aromatic heterocycles. The Morgan fingerprint density at radius 3 is 2.21 bits per heavy atom. The van der Waals surface area contributed by atoms with E-state index in [-0.39, 0.29) is 33.7 Å². The van der Waals surface area contributed by atoms with Crippen LogP contribution < -0.4 is 5.73 Å². The van der Waals surface area contributed by atoms with Crippen LogP contribution in [-0.2, 0) is 0 Å². The van der Waals surface area contributed by atoms with Crippen LogP contribution in [0.4, 0.5) is 5.69 Å². The van der Waals surface area contributed by atoms with Crippen molar-refractivity contribution < 1.29 is 19.8 Å². The van der Waals surface area contributed by atoms with Crippen molar-refractivity contribution in [2.24, 2.45) is 0 Å². The Kier molecular flexibility index (Phi) is 2.13. The Morgan fingerprint density at radius 1 is 0.842 bits per heavy atom. The summed E-state index contributed by atoms with van der Waals surface area (Å²) in [5.74, 6) is -1.68. The summed E-state index contributed by atoms with van der Waals surface area (Å²) in [5, 5.41) is 19.6. The van der Waals surface area contributed by atoms with Crippen LogP contribution >= 0.6 is 0 Å². The van der Waals surface area contributed by atoms with Gasteiger partial charge >= 0.3 is 0 Å². The first-order chi connectivity index (χ1) is 9.02. The number of phenols is 2. The Hall–Kier alpha value is -2.82. The molecule has 5 heteroatoms. The van der Waals surface area contributed by atoms with E-state index >= 15 is 0 Å². The summed E-state index contributed by atoms with van der Waals surface area (Å²) in [7, 11) is 0. The number of hydrogen-bond acceptors (Lipinski definition) is 5. The second-order valence-electron chi connectivity index (χ2n) is 4.28. The van der Waals surface area contributed by atoms with Crippen molar-refractivity contribution in [3.05, 3.63) is 52.6 Å². The minimum Gasteiger partial charge on any atom is -0.507 e. The van der Waals surface area contributed by atoms with Gasteiger partial charge in [-0.25, -0.2) is 0 Å². The van der Waals surface area contributed by atoms with E-state index in [4.69, 9.17) is 5.73 Å². The number of benzene rings is 2. The van der Waals surface area contributed by atoms with Gasteiger partial charge in [-0.1, -0.05) is 12.1 Å². The van der Waals surface area contributed by atoms with E-state index in [9.17, 15) is 19.8 Å². The number of carbonyl (C=O) groups excluding carboxylic acids is 2. The van der Waals surface area contributed by atoms with Gasteiger partial charge in [-0.15, -0.1) is 0 Å². The lowest BCUT2D eigenvalue weighted by atomic mass is 9.83. The molecule has 0 amide bonds.